The maximum Gasteiger partial charge on any atom is 0.0766 e. The van der Waals surface area contributed by atoms with Crippen molar-refractivity contribution in [3.05, 3.63) is 12.2 Å². The summed E-state index contributed by atoms with van der Waals surface area (Å²) in [5.74, 6) is 1.17. The predicted molar refractivity (Wildman–Crippen MR) is 62.1 cm³/mol. The monoisotopic (exact) mass is 178 g/mol. The molecule has 0 aromatic carbocycles. The van der Waals surface area contributed by atoms with E-state index in [0.717, 1.165) is 0 Å². The van der Waals surface area contributed by atoms with Crippen LogP contribution in [0.1, 0.15) is 41.5 Å². The van der Waals surface area contributed by atoms with Gasteiger partial charge in [0.1, 0.15) is 0 Å². The standard InChI is InChI=1S/C12H23B/c1-8(2)10(5)11(13)12(6,7)9(3)4/h8-9,11H,5H2,1-4,6-7H3. The van der Waals surface area contributed by atoms with E-state index in [-0.39, 0.29) is 11.2 Å². The molecule has 0 nitrogen and oxygen atoms in total. The van der Waals surface area contributed by atoms with Crippen molar-refractivity contribution in [3.8, 4) is 0 Å². The summed E-state index contributed by atoms with van der Waals surface area (Å²) in [7, 11) is 6.20. The summed E-state index contributed by atoms with van der Waals surface area (Å²) in [6.07, 6.45) is 0. The van der Waals surface area contributed by atoms with Crippen LogP contribution in [0, 0.1) is 17.3 Å². The molecule has 0 amide bonds. The first kappa shape index (κ1) is 12.8. The Bertz CT molecular complexity index is 178. The minimum atomic E-state index is 0.104. The van der Waals surface area contributed by atoms with Gasteiger partial charge in [0.25, 0.3) is 0 Å². The molecule has 13 heavy (non-hydrogen) atoms. The Labute approximate surface area is 85.2 Å². The highest BCUT2D eigenvalue weighted by molar-refractivity contribution is 6.14. The van der Waals surface area contributed by atoms with Crippen molar-refractivity contribution >= 4 is 7.85 Å². The maximum absolute atomic E-state index is 6.20. The molecule has 1 unspecified atom stereocenters. The van der Waals surface area contributed by atoms with E-state index in [1.54, 1.807) is 0 Å². The fourth-order valence-corrected chi connectivity index (χ4v) is 1.20. The third kappa shape index (κ3) is 2.89. The van der Waals surface area contributed by atoms with Gasteiger partial charge in [0, 0.05) is 0 Å². The van der Waals surface area contributed by atoms with Crippen LogP contribution in [0.4, 0.5) is 0 Å². The molecule has 1 heteroatoms. The number of rotatable bonds is 4. The zero-order chi connectivity index (χ0) is 10.8. The van der Waals surface area contributed by atoms with Crippen LogP contribution >= 0.6 is 0 Å². The SMILES string of the molecule is [B]C(C(=C)C(C)C)C(C)(C)C(C)C. The highest BCUT2D eigenvalue weighted by Gasteiger charge is 2.30. The van der Waals surface area contributed by atoms with E-state index in [0.29, 0.717) is 11.8 Å². The van der Waals surface area contributed by atoms with Crippen molar-refractivity contribution in [1.29, 1.82) is 0 Å². The van der Waals surface area contributed by atoms with E-state index in [9.17, 15) is 0 Å². The molecule has 0 aromatic rings. The average molecular weight is 178 g/mol. The summed E-state index contributed by atoms with van der Waals surface area (Å²) in [4.78, 5) is 0. The first-order chi connectivity index (χ1) is 5.71. The summed E-state index contributed by atoms with van der Waals surface area (Å²) in [5, 5.41) is 0. The van der Waals surface area contributed by atoms with Crippen molar-refractivity contribution in [2.75, 3.05) is 0 Å². The van der Waals surface area contributed by atoms with Crippen LogP contribution in [-0.2, 0) is 0 Å². The molecule has 0 aromatic heterocycles. The van der Waals surface area contributed by atoms with Crippen LogP contribution in [0.15, 0.2) is 12.2 Å². The largest absolute Gasteiger partial charge is 0.100 e. The molecule has 0 aliphatic rings. The predicted octanol–water partition coefficient (Wildman–Crippen LogP) is 3.84. The molecule has 0 heterocycles. The summed E-state index contributed by atoms with van der Waals surface area (Å²) in [6.45, 7) is 17.2. The number of hydrogen-bond donors (Lipinski definition) is 0. The molecule has 0 aliphatic carbocycles. The molecule has 2 radical (unpaired) electrons. The summed E-state index contributed by atoms with van der Waals surface area (Å²) in [6, 6.07) is 0. The Kier molecular flexibility index (Phi) is 4.28. The Hall–Kier alpha value is -0.195. The Morgan fingerprint density at radius 3 is 1.77 bits per heavy atom. The van der Waals surface area contributed by atoms with Gasteiger partial charge in [-0.05, 0) is 17.3 Å². The lowest BCUT2D eigenvalue weighted by molar-refractivity contribution is 0.243. The van der Waals surface area contributed by atoms with Gasteiger partial charge >= 0.3 is 0 Å². The lowest BCUT2D eigenvalue weighted by atomic mass is 9.58. The summed E-state index contributed by atoms with van der Waals surface area (Å²) in [5.41, 5.74) is 1.31. The topological polar surface area (TPSA) is 0 Å². The minimum Gasteiger partial charge on any atom is -0.100 e. The fraction of sp³-hybridized carbons (Fsp3) is 0.833. The van der Waals surface area contributed by atoms with E-state index in [1.165, 1.54) is 5.57 Å². The van der Waals surface area contributed by atoms with E-state index < -0.39 is 0 Å². The van der Waals surface area contributed by atoms with Crippen molar-refractivity contribution in [1.82, 2.24) is 0 Å². The van der Waals surface area contributed by atoms with Gasteiger partial charge in [-0.1, -0.05) is 52.9 Å². The van der Waals surface area contributed by atoms with Gasteiger partial charge in [-0.25, -0.2) is 0 Å². The van der Waals surface area contributed by atoms with Crippen molar-refractivity contribution in [2.24, 2.45) is 17.3 Å². The Balaban J connectivity index is 4.58. The van der Waals surface area contributed by atoms with E-state index >= 15 is 0 Å². The second kappa shape index (κ2) is 4.35. The number of hydrogen-bond acceptors (Lipinski definition) is 0. The van der Waals surface area contributed by atoms with Crippen molar-refractivity contribution < 1.29 is 0 Å². The van der Waals surface area contributed by atoms with Gasteiger partial charge < -0.3 is 0 Å². The van der Waals surface area contributed by atoms with Crippen molar-refractivity contribution in [3.63, 3.8) is 0 Å². The zero-order valence-corrected chi connectivity index (χ0v) is 10.0. The Morgan fingerprint density at radius 1 is 1.15 bits per heavy atom. The molecule has 0 N–H and O–H groups in total. The molecule has 0 saturated heterocycles. The zero-order valence-electron chi connectivity index (χ0n) is 10.0. The van der Waals surface area contributed by atoms with Gasteiger partial charge in [0.05, 0.1) is 7.85 Å². The van der Waals surface area contributed by atoms with Crippen LogP contribution < -0.4 is 0 Å². The molecular formula is C12H23B. The molecule has 0 spiro atoms. The second-order valence-corrected chi connectivity index (χ2v) is 5.18. The second-order valence-electron chi connectivity index (χ2n) is 5.18. The minimum absolute atomic E-state index is 0.104. The lowest BCUT2D eigenvalue weighted by Gasteiger charge is -2.38. The molecule has 74 valence electrons. The van der Waals surface area contributed by atoms with Crippen LogP contribution in [0.5, 0.6) is 0 Å². The highest BCUT2D eigenvalue weighted by Crippen LogP contribution is 2.42. The normalized spacial score (nSPS) is 15.1. The molecule has 0 rings (SSSR count). The molecule has 0 bridgehead atoms. The highest BCUT2D eigenvalue weighted by atomic mass is 14.3. The van der Waals surface area contributed by atoms with Gasteiger partial charge in [-0.3, -0.25) is 0 Å². The van der Waals surface area contributed by atoms with Gasteiger partial charge in [-0.2, -0.15) is 0 Å². The van der Waals surface area contributed by atoms with Crippen LogP contribution in [-0.4, -0.2) is 7.85 Å². The third-order valence-electron chi connectivity index (χ3n) is 3.43. The molecule has 0 aliphatic heterocycles. The fourth-order valence-electron chi connectivity index (χ4n) is 1.20. The van der Waals surface area contributed by atoms with E-state index in [2.05, 4.69) is 48.1 Å². The van der Waals surface area contributed by atoms with E-state index in [1.807, 2.05) is 0 Å². The molecule has 1 atom stereocenters. The smallest absolute Gasteiger partial charge is 0.0766 e. The van der Waals surface area contributed by atoms with Crippen LogP contribution in [0.3, 0.4) is 0 Å². The molecular weight excluding hydrogens is 155 g/mol. The summed E-state index contributed by atoms with van der Waals surface area (Å²) < 4.78 is 0. The van der Waals surface area contributed by atoms with Crippen molar-refractivity contribution in [2.45, 2.75) is 47.4 Å². The van der Waals surface area contributed by atoms with Gasteiger partial charge in [-0.15, -0.1) is 6.58 Å². The molecule has 0 saturated carbocycles. The first-order valence-corrected chi connectivity index (χ1v) is 5.15. The lowest BCUT2D eigenvalue weighted by Crippen LogP contribution is -2.28. The number of allylic oxidation sites excluding steroid dienone is 1. The van der Waals surface area contributed by atoms with Gasteiger partial charge in [0.2, 0.25) is 0 Å². The average Bonchev–Trinajstić information content (AvgIpc) is 2.01. The third-order valence-corrected chi connectivity index (χ3v) is 3.43. The molecule has 0 fully saturated rings. The van der Waals surface area contributed by atoms with Gasteiger partial charge in [0.15, 0.2) is 0 Å². The van der Waals surface area contributed by atoms with Crippen LogP contribution in [0.25, 0.3) is 0 Å². The first-order valence-electron chi connectivity index (χ1n) is 5.15. The maximum atomic E-state index is 6.20. The summed E-state index contributed by atoms with van der Waals surface area (Å²) >= 11 is 0. The Morgan fingerprint density at radius 2 is 1.54 bits per heavy atom. The van der Waals surface area contributed by atoms with E-state index in [4.69, 9.17) is 7.85 Å². The quantitative estimate of drug-likeness (QED) is 0.453. The van der Waals surface area contributed by atoms with Crippen LogP contribution in [0.2, 0.25) is 5.82 Å².